The summed E-state index contributed by atoms with van der Waals surface area (Å²) in [5.74, 6) is 0.0735. The second-order valence-electron chi connectivity index (χ2n) is 4.54. The summed E-state index contributed by atoms with van der Waals surface area (Å²) in [5, 5.41) is 6.35. The van der Waals surface area contributed by atoms with E-state index in [1.165, 1.54) is 0 Å². The number of carbonyl (C=O) groups is 1. The summed E-state index contributed by atoms with van der Waals surface area (Å²) in [5.41, 5.74) is 5.54. The van der Waals surface area contributed by atoms with Gasteiger partial charge in [-0.2, -0.15) is 0 Å². The van der Waals surface area contributed by atoms with Crippen LogP contribution in [0.4, 0.5) is 0 Å². The van der Waals surface area contributed by atoms with Crippen LogP contribution in [0.3, 0.4) is 0 Å². The number of nitrogens with one attached hydrogen (secondary N) is 2. The standard InChI is InChI=1S/C10H21N3O.ClH/c1-8(11)7-9(14)13-10(2)3-5-12-6-4-10;/h8,12H,3-7,11H2,1-2H3,(H,13,14);1H. The van der Waals surface area contributed by atoms with Gasteiger partial charge in [-0.3, -0.25) is 4.79 Å². The zero-order valence-corrected chi connectivity index (χ0v) is 10.3. The van der Waals surface area contributed by atoms with Crippen molar-refractivity contribution in [3.8, 4) is 0 Å². The highest BCUT2D eigenvalue weighted by Gasteiger charge is 2.28. The fraction of sp³-hybridized carbons (Fsp3) is 0.900. The van der Waals surface area contributed by atoms with Crippen LogP contribution >= 0.6 is 12.4 Å². The van der Waals surface area contributed by atoms with E-state index in [0.29, 0.717) is 6.42 Å². The van der Waals surface area contributed by atoms with Crippen LogP contribution in [-0.2, 0) is 4.79 Å². The maximum atomic E-state index is 11.5. The van der Waals surface area contributed by atoms with E-state index in [-0.39, 0.29) is 29.9 Å². The zero-order chi connectivity index (χ0) is 10.6. The van der Waals surface area contributed by atoms with Crippen molar-refractivity contribution < 1.29 is 4.79 Å². The Bertz CT molecular complexity index is 203. The van der Waals surface area contributed by atoms with Gasteiger partial charge in [0, 0.05) is 18.0 Å². The van der Waals surface area contributed by atoms with Gasteiger partial charge in [0.2, 0.25) is 5.91 Å². The smallest absolute Gasteiger partial charge is 0.221 e. The van der Waals surface area contributed by atoms with Crippen molar-refractivity contribution in [1.82, 2.24) is 10.6 Å². The molecule has 5 heteroatoms. The molecule has 0 aliphatic carbocycles. The minimum absolute atomic E-state index is 0. The Morgan fingerprint density at radius 3 is 2.53 bits per heavy atom. The van der Waals surface area contributed by atoms with Crippen LogP contribution < -0.4 is 16.4 Å². The minimum atomic E-state index is -0.0553. The highest BCUT2D eigenvalue weighted by Crippen LogP contribution is 2.17. The van der Waals surface area contributed by atoms with Gasteiger partial charge in [-0.25, -0.2) is 0 Å². The molecule has 1 aliphatic rings. The highest BCUT2D eigenvalue weighted by molar-refractivity contribution is 5.85. The van der Waals surface area contributed by atoms with Crippen LogP contribution in [0.25, 0.3) is 0 Å². The van der Waals surface area contributed by atoms with E-state index in [1.54, 1.807) is 0 Å². The molecule has 4 N–H and O–H groups in total. The average molecular weight is 236 g/mol. The molecule has 1 atom stereocenters. The number of hydrogen-bond acceptors (Lipinski definition) is 3. The second kappa shape index (κ2) is 6.30. The van der Waals surface area contributed by atoms with E-state index in [0.717, 1.165) is 25.9 Å². The SMILES string of the molecule is CC(N)CC(=O)NC1(C)CCNCC1.Cl. The molecule has 0 aromatic carbocycles. The Labute approximate surface area is 97.8 Å². The first kappa shape index (κ1) is 14.7. The van der Waals surface area contributed by atoms with Gasteiger partial charge in [0.25, 0.3) is 0 Å². The topological polar surface area (TPSA) is 67.2 Å². The first-order valence-corrected chi connectivity index (χ1v) is 5.29. The zero-order valence-electron chi connectivity index (χ0n) is 9.51. The average Bonchev–Trinajstić information content (AvgIpc) is 2.02. The van der Waals surface area contributed by atoms with Crippen molar-refractivity contribution >= 4 is 18.3 Å². The summed E-state index contributed by atoms with van der Waals surface area (Å²) in [7, 11) is 0. The quantitative estimate of drug-likeness (QED) is 0.664. The molecule has 0 bridgehead atoms. The van der Waals surface area contributed by atoms with Crippen LogP contribution in [0.15, 0.2) is 0 Å². The maximum absolute atomic E-state index is 11.5. The fourth-order valence-electron chi connectivity index (χ4n) is 1.78. The summed E-state index contributed by atoms with van der Waals surface area (Å²) >= 11 is 0. The number of amides is 1. The van der Waals surface area contributed by atoms with Crippen LogP contribution in [-0.4, -0.2) is 30.6 Å². The lowest BCUT2D eigenvalue weighted by atomic mass is 9.90. The van der Waals surface area contributed by atoms with E-state index < -0.39 is 0 Å². The maximum Gasteiger partial charge on any atom is 0.221 e. The van der Waals surface area contributed by atoms with Crippen molar-refractivity contribution in [2.45, 2.75) is 44.7 Å². The van der Waals surface area contributed by atoms with Gasteiger partial charge in [-0.05, 0) is 39.8 Å². The summed E-state index contributed by atoms with van der Waals surface area (Å²) in [6.07, 6.45) is 2.42. The third kappa shape index (κ3) is 5.35. The van der Waals surface area contributed by atoms with E-state index >= 15 is 0 Å². The van der Waals surface area contributed by atoms with Gasteiger partial charge in [-0.15, -0.1) is 12.4 Å². The number of hydrogen-bond donors (Lipinski definition) is 3. The van der Waals surface area contributed by atoms with Gasteiger partial charge in [0.05, 0.1) is 0 Å². The van der Waals surface area contributed by atoms with Crippen LogP contribution in [0.2, 0.25) is 0 Å². The van der Waals surface area contributed by atoms with Gasteiger partial charge in [0.1, 0.15) is 0 Å². The van der Waals surface area contributed by atoms with Gasteiger partial charge >= 0.3 is 0 Å². The predicted octanol–water partition coefficient (Wildman–Crippen LogP) is 0.404. The van der Waals surface area contributed by atoms with E-state index in [4.69, 9.17) is 5.73 Å². The first-order chi connectivity index (χ1) is 6.52. The summed E-state index contributed by atoms with van der Waals surface area (Å²) in [6, 6.07) is -0.0553. The van der Waals surface area contributed by atoms with E-state index in [9.17, 15) is 4.79 Å². The molecule has 1 heterocycles. The highest BCUT2D eigenvalue weighted by atomic mass is 35.5. The van der Waals surface area contributed by atoms with Crippen molar-refractivity contribution in [3.63, 3.8) is 0 Å². The van der Waals surface area contributed by atoms with Gasteiger partial charge in [-0.1, -0.05) is 0 Å². The molecule has 4 nitrogen and oxygen atoms in total. The lowest BCUT2D eigenvalue weighted by Crippen LogP contribution is -2.52. The third-order valence-corrected chi connectivity index (χ3v) is 2.66. The first-order valence-electron chi connectivity index (χ1n) is 5.29. The molecule has 0 aromatic rings. The number of nitrogens with two attached hydrogens (primary N) is 1. The van der Waals surface area contributed by atoms with Crippen molar-refractivity contribution in [1.29, 1.82) is 0 Å². The lowest BCUT2D eigenvalue weighted by molar-refractivity contribution is -0.123. The molecule has 0 aromatic heterocycles. The number of piperidine rings is 1. The number of rotatable bonds is 3. The van der Waals surface area contributed by atoms with Crippen LogP contribution in [0, 0.1) is 0 Å². The normalized spacial score (nSPS) is 21.3. The van der Waals surface area contributed by atoms with Crippen LogP contribution in [0.5, 0.6) is 0 Å². The van der Waals surface area contributed by atoms with Crippen molar-refractivity contribution in [2.75, 3.05) is 13.1 Å². The van der Waals surface area contributed by atoms with E-state index in [2.05, 4.69) is 17.6 Å². The summed E-state index contributed by atoms with van der Waals surface area (Å²) < 4.78 is 0. The summed E-state index contributed by atoms with van der Waals surface area (Å²) in [6.45, 7) is 5.92. The Morgan fingerprint density at radius 2 is 2.07 bits per heavy atom. The second-order valence-corrected chi connectivity index (χ2v) is 4.54. The van der Waals surface area contributed by atoms with Crippen LogP contribution in [0.1, 0.15) is 33.1 Å². The Kier molecular flexibility index (Phi) is 6.17. The Morgan fingerprint density at radius 1 is 1.53 bits per heavy atom. The molecular weight excluding hydrogens is 214 g/mol. The largest absolute Gasteiger partial charge is 0.351 e. The molecule has 1 rings (SSSR count). The molecular formula is C10H22ClN3O. The van der Waals surface area contributed by atoms with Gasteiger partial charge < -0.3 is 16.4 Å². The molecule has 1 aliphatic heterocycles. The van der Waals surface area contributed by atoms with E-state index in [1.807, 2.05) is 6.92 Å². The number of halogens is 1. The summed E-state index contributed by atoms with van der Waals surface area (Å²) in [4.78, 5) is 11.5. The molecule has 90 valence electrons. The number of carbonyl (C=O) groups excluding carboxylic acids is 1. The molecule has 1 saturated heterocycles. The molecule has 1 unspecified atom stereocenters. The Balaban J connectivity index is 0.00000196. The minimum Gasteiger partial charge on any atom is -0.351 e. The Hall–Kier alpha value is -0.320. The third-order valence-electron chi connectivity index (χ3n) is 2.66. The molecule has 0 saturated carbocycles. The molecule has 1 amide bonds. The van der Waals surface area contributed by atoms with Crippen molar-refractivity contribution in [2.24, 2.45) is 5.73 Å². The lowest BCUT2D eigenvalue weighted by Gasteiger charge is -2.35. The molecule has 0 spiro atoms. The molecule has 1 fully saturated rings. The molecule has 15 heavy (non-hydrogen) atoms. The van der Waals surface area contributed by atoms with Crippen molar-refractivity contribution in [3.05, 3.63) is 0 Å². The fourth-order valence-corrected chi connectivity index (χ4v) is 1.78. The monoisotopic (exact) mass is 235 g/mol. The predicted molar refractivity (Wildman–Crippen MR) is 64.2 cm³/mol. The molecule has 0 radical (unpaired) electrons. The van der Waals surface area contributed by atoms with Gasteiger partial charge in [0.15, 0.2) is 0 Å².